The summed E-state index contributed by atoms with van der Waals surface area (Å²) in [5, 5.41) is 9.72. The minimum absolute atomic E-state index is 0.403. The first-order valence-corrected chi connectivity index (χ1v) is 5.89. The average Bonchev–Trinajstić information content (AvgIpc) is 2.85. The second-order valence-electron chi connectivity index (χ2n) is 3.56. The average molecular weight is 221 g/mol. The zero-order chi connectivity index (χ0) is 10.7. The molecule has 1 atom stereocenters. The summed E-state index contributed by atoms with van der Waals surface area (Å²) < 4.78 is 1.90. The Hall–Kier alpha value is -1.13. The van der Waals surface area contributed by atoms with Crippen molar-refractivity contribution in [1.29, 1.82) is 0 Å². The number of aromatic nitrogens is 2. The smallest absolute Gasteiger partial charge is 0.0518 e. The van der Waals surface area contributed by atoms with Crippen molar-refractivity contribution < 1.29 is 0 Å². The Labute approximate surface area is 93.7 Å². The van der Waals surface area contributed by atoms with E-state index in [1.807, 2.05) is 24.0 Å². The van der Waals surface area contributed by atoms with Crippen molar-refractivity contribution >= 4 is 11.3 Å². The molecule has 0 saturated heterocycles. The summed E-state index contributed by atoms with van der Waals surface area (Å²) in [5.74, 6) is 0. The van der Waals surface area contributed by atoms with Gasteiger partial charge in [-0.05, 0) is 24.4 Å². The molecule has 0 spiro atoms. The molecule has 0 bridgehead atoms. The molecule has 0 amide bonds. The van der Waals surface area contributed by atoms with E-state index in [2.05, 4.69) is 34.9 Å². The summed E-state index contributed by atoms with van der Waals surface area (Å²) in [6, 6.07) is 6.68. The summed E-state index contributed by atoms with van der Waals surface area (Å²) in [7, 11) is 1.97. The highest BCUT2D eigenvalue weighted by atomic mass is 32.1. The highest BCUT2D eigenvalue weighted by Crippen LogP contribution is 2.18. The molecule has 15 heavy (non-hydrogen) atoms. The number of nitrogens with one attached hydrogen (secondary N) is 1. The van der Waals surface area contributed by atoms with E-state index in [1.54, 1.807) is 11.3 Å². The van der Waals surface area contributed by atoms with Crippen LogP contribution in [0.25, 0.3) is 0 Å². The van der Waals surface area contributed by atoms with Gasteiger partial charge in [-0.2, -0.15) is 5.10 Å². The van der Waals surface area contributed by atoms with Crippen molar-refractivity contribution in [3.63, 3.8) is 0 Å². The third-order valence-electron chi connectivity index (χ3n) is 2.48. The van der Waals surface area contributed by atoms with Gasteiger partial charge in [0.25, 0.3) is 0 Å². The van der Waals surface area contributed by atoms with E-state index in [9.17, 15) is 0 Å². The third-order valence-corrected chi connectivity index (χ3v) is 3.54. The maximum absolute atomic E-state index is 4.14. The molecule has 2 aromatic heterocycles. The number of hydrogen-bond acceptors (Lipinski definition) is 3. The topological polar surface area (TPSA) is 29.9 Å². The normalized spacial score (nSPS) is 12.9. The Bertz CT molecular complexity index is 405. The van der Waals surface area contributed by atoms with Crippen LogP contribution < -0.4 is 5.32 Å². The largest absolute Gasteiger partial charge is 0.304 e. The van der Waals surface area contributed by atoms with E-state index >= 15 is 0 Å². The number of hydrogen-bond donors (Lipinski definition) is 1. The molecule has 0 fully saturated rings. The summed E-state index contributed by atoms with van der Waals surface area (Å²) in [4.78, 5) is 1.37. The number of nitrogens with zero attached hydrogens (tertiary/aromatic N) is 2. The fraction of sp³-hybridized carbons (Fsp3) is 0.364. The van der Waals surface area contributed by atoms with Crippen molar-refractivity contribution in [1.82, 2.24) is 15.1 Å². The van der Waals surface area contributed by atoms with Crippen molar-refractivity contribution in [3.05, 3.63) is 40.3 Å². The highest BCUT2D eigenvalue weighted by Gasteiger charge is 2.06. The Morgan fingerprint density at radius 2 is 2.40 bits per heavy atom. The van der Waals surface area contributed by atoms with E-state index in [0.29, 0.717) is 6.04 Å². The Balaban J connectivity index is 1.91. The van der Waals surface area contributed by atoms with Gasteiger partial charge in [0.15, 0.2) is 0 Å². The molecule has 0 aliphatic heterocycles. The molecule has 0 aromatic carbocycles. The van der Waals surface area contributed by atoms with Crippen LogP contribution in [-0.4, -0.2) is 9.78 Å². The lowest BCUT2D eigenvalue weighted by molar-refractivity contribution is 0.554. The third kappa shape index (κ3) is 2.46. The van der Waals surface area contributed by atoms with Crippen molar-refractivity contribution in [2.75, 3.05) is 0 Å². The fourth-order valence-corrected chi connectivity index (χ4v) is 2.23. The molecule has 2 rings (SSSR count). The standard InChI is InChI=1S/C11H15N3S/c1-9(11-4-3-7-15-11)12-8-10-5-6-13-14(10)2/h3-7,9,12H,8H2,1-2H3. The first-order valence-electron chi connectivity index (χ1n) is 5.01. The second-order valence-corrected chi connectivity index (χ2v) is 4.54. The van der Waals surface area contributed by atoms with Crippen LogP contribution >= 0.6 is 11.3 Å². The lowest BCUT2D eigenvalue weighted by Crippen LogP contribution is -2.18. The predicted molar refractivity (Wildman–Crippen MR) is 62.8 cm³/mol. The summed E-state index contributed by atoms with van der Waals surface area (Å²) in [5.41, 5.74) is 1.21. The van der Waals surface area contributed by atoms with Gasteiger partial charge in [-0.25, -0.2) is 0 Å². The quantitative estimate of drug-likeness (QED) is 0.858. The molecule has 4 heteroatoms. The van der Waals surface area contributed by atoms with E-state index < -0.39 is 0 Å². The zero-order valence-electron chi connectivity index (χ0n) is 8.97. The lowest BCUT2D eigenvalue weighted by atomic mass is 10.2. The summed E-state index contributed by atoms with van der Waals surface area (Å²) in [6.45, 7) is 3.04. The van der Waals surface area contributed by atoms with E-state index in [-0.39, 0.29) is 0 Å². The molecule has 0 radical (unpaired) electrons. The van der Waals surface area contributed by atoms with Crippen LogP contribution in [0.2, 0.25) is 0 Å². The molecular weight excluding hydrogens is 206 g/mol. The van der Waals surface area contributed by atoms with Gasteiger partial charge in [-0.1, -0.05) is 6.07 Å². The molecule has 1 N–H and O–H groups in total. The van der Waals surface area contributed by atoms with Gasteiger partial charge in [-0.15, -0.1) is 11.3 Å². The Kier molecular flexibility index (Phi) is 3.18. The van der Waals surface area contributed by atoms with Gasteiger partial charge in [0.05, 0.1) is 5.69 Å². The van der Waals surface area contributed by atoms with Gasteiger partial charge in [0.1, 0.15) is 0 Å². The molecule has 80 valence electrons. The van der Waals surface area contributed by atoms with Gasteiger partial charge in [-0.3, -0.25) is 4.68 Å². The Morgan fingerprint density at radius 1 is 1.53 bits per heavy atom. The maximum Gasteiger partial charge on any atom is 0.0518 e. The van der Waals surface area contributed by atoms with E-state index in [4.69, 9.17) is 0 Å². The molecule has 3 nitrogen and oxygen atoms in total. The van der Waals surface area contributed by atoms with Gasteiger partial charge < -0.3 is 5.32 Å². The van der Waals surface area contributed by atoms with Crippen LogP contribution in [0.15, 0.2) is 29.8 Å². The van der Waals surface area contributed by atoms with Crippen molar-refractivity contribution in [2.45, 2.75) is 19.5 Å². The van der Waals surface area contributed by atoms with Crippen molar-refractivity contribution in [2.24, 2.45) is 7.05 Å². The first kappa shape index (κ1) is 10.4. The van der Waals surface area contributed by atoms with E-state index in [0.717, 1.165) is 6.54 Å². The van der Waals surface area contributed by atoms with Crippen LogP contribution in [0.5, 0.6) is 0 Å². The minimum Gasteiger partial charge on any atom is -0.304 e. The van der Waals surface area contributed by atoms with Gasteiger partial charge in [0, 0.05) is 30.7 Å². The van der Waals surface area contributed by atoms with Crippen LogP contribution in [-0.2, 0) is 13.6 Å². The minimum atomic E-state index is 0.403. The second kappa shape index (κ2) is 4.59. The zero-order valence-corrected chi connectivity index (χ0v) is 9.79. The Morgan fingerprint density at radius 3 is 3.00 bits per heavy atom. The molecule has 1 unspecified atom stereocenters. The van der Waals surface area contributed by atoms with Gasteiger partial charge >= 0.3 is 0 Å². The number of aryl methyl sites for hydroxylation is 1. The number of thiophene rings is 1. The number of rotatable bonds is 4. The predicted octanol–water partition coefficient (Wildman–Crippen LogP) is 2.33. The monoisotopic (exact) mass is 221 g/mol. The molecule has 0 saturated carbocycles. The van der Waals surface area contributed by atoms with Crippen LogP contribution in [0.3, 0.4) is 0 Å². The van der Waals surface area contributed by atoms with E-state index in [1.165, 1.54) is 10.6 Å². The van der Waals surface area contributed by atoms with Crippen molar-refractivity contribution in [3.8, 4) is 0 Å². The molecule has 2 heterocycles. The van der Waals surface area contributed by atoms with Crippen LogP contribution in [0.4, 0.5) is 0 Å². The van der Waals surface area contributed by atoms with Crippen LogP contribution in [0, 0.1) is 0 Å². The molecule has 0 aliphatic rings. The SMILES string of the molecule is CC(NCc1ccnn1C)c1cccs1. The molecular formula is C11H15N3S. The molecule has 0 aliphatic carbocycles. The summed E-state index contributed by atoms with van der Waals surface area (Å²) >= 11 is 1.79. The maximum atomic E-state index is 4.14. The fourth-order valence-electron chi connectivity index (χ4n) is 1.47. The highest BCUT2D eigenvalue weighted by molar-refractivity contribution is 7.10. The summed E-state index contributed by atoms with van der Waals surface area (Å²) in [6.07, 6.45) is 1.83. The molecule has 2 aromatic rings. The van der Waals surface area contributed by atoms with Gasteiger partial charge in [0.2, 0.25) is 0 Å². The van der Waals surface area contributed by atoms with Crippen LogP contribution in [0.1, 0.15) is 23.5 Å². The lowest BCUT2D eigenvalue weighted by Gasteiger charge is -2.11. The first-order chi connectivity index (χ1) is 7.27.